The quantitative estimate of drug-likeness (QED) is 0.680. The van der Waals surface area contributed by atoms with E-state index in [4.69, 9.17) is 10.00 Å². The lowest BCUT2D eigenvalue weighted by atomic mass is 9.84. The third kappa shape index (κ3) is 2.05. The molecule has 0 unspecified atom stereocenters. The molecule has 1 aromatic rings. The summed E-state index contributed by atoms with van der Waals surface area (Å²) in [4.78, 5) is 0. The molecule has 1 rings (SSSR count). The van der Waals surface area contributed by atoms with E-state index in [2.05, 4.69) is 26.8 Å². The maximum absolute atomic E-state index is 8.95. The number of rotatable bonds is 1. The Morgan fingerprint density at radius 2 is 1.93 bits per heavy atom. The van der Waals surface area contributed by atoms with Gasteiger partial charge in [-0.05, 0) is 29.2 Å². The predicted octanol–water partition coefficient (Wildman–Crippen LogP) is 2.86. The fraction of sp³-hybridized carbons (Fsp3) is 0.417. The number of nitriles is 1. The highest BCUT2D eigenvalue weighted by Crippen LogP contribution is 2.28. The van der Waals surface area contributed by atoms with Gasteiger partial charge in [0.1, 0.15) is 5.75 Å². The van der Waals surface area contributed by atoms with Gasteiger partial charge in [-0.25, -0.2) is 0 Å². The van der Waals surface area contributed by atoms with Gasteiger partial charge in [-0.3, -0.25) is 0 Å². The SMILES string of the molecule is COc1ccc(C#N)c(C(C)(C)C)c1. The molecule has 2 heteroatoms. The van der Waals surface area contributed by atoms with Crippen LogP contribution in [-0.4, -0.2) is 7.11 Å². The zero-order chi connectivity index (χ0) is 10.8. The minimum absolute atomic E-state index is 0.0282. The van der Waals surface area contributed by atoms with E-state index < -0.39 is 0 Å². The third-order valence-corrected chi connectivity index (χ3v) is 2.16. The van der Waals surface area contributed by atoms with Crippen molar-refractivity contribution < 1.29 is 4.74 Å². The first-order chi connectivity index (χ1) is 6.49. The largest absolute Gasteiger partial charge is 0.497 e. The molecule has 0 heterocycles. The Morgan fingerprint density at radius 3 is 2.36 bits per heavy atom. The molecule has 0 aliphatic rings. The molecule has 0 atom stereocenters. The molecule has 74 valence electrons. The minimum atomic E-state index is -0.0282. The van der Waals surface area contributed by atoms with Crippen LogP contribution in [0.2, 0.25) is 0 Å². The number of hydrogen-bond donors (Lipinski definition) is 0. The topological polar surface area (TPSA) is 33.0 Å². The molecule has 1 aromatic carbocycles. The van der Waals surface area contributed by atoms with Gasteiger partial charge in [0.2, 0.25) is 0 Å². The summed E-state index contributed by atoms with van der Waals surface area (Å²) in [6.07, 6.45) is 0. The summed E-state index contributed by atoms with van der Waals surface area (Å²) in [5, 5.41) is 8.95. The van der Waals surface area contributed by atoms with Crippen molar-refractivity contribution >= 4 is 0 Å². The van der Waals surface area contributed by atoms with E-state index in [9.17, 15) is 0 Å². The summed E-state index contributed by atoms with van der Waals surface area (Å²) in [5.74, 6) is 0.800. The Bertz CT molecular complexity index is 369. The standard InChI is InChI=1S/C12H15NO/c1-12(2,3)11-7-10(14-4)6-5-9(11)8-13/h5-7H,1-4H3. The average molecular weight is 189 g/mol. The average Bonchev–Trinajstić information content (AvgIpc) is 2.15. The molecule has 0 aromatic heterocycles. The van der Waals surface area contributed by atoms with Crippen molar-refractivity contribution in [3.8, 4) is 11.8 Å². The first-order valence-corrected chi connectivity index (χ1v) is 4.57. The maximum Gasteiger partial charge on any atom is 0.119 e. The molecule has 2 nitrogen and oxygen atoms in total. The molecular weight excluding hydrogens is 174 g/mol. The van der Waals surface area contributed by atoms with E-state index >= 15 is 0 Å². The van der Waals surface area contributed by atoms with Crippen LogP contribution in [0, 0.1) is 11.3 Å². The lowest BCUT2D eigenvalue weighted by Crippen LogP contribution is -2.13. The van der Waals surface area contributed by atoms with E-state index in [1.54, 1.807) is 13.2 Å². The molecule has 0 saturated heterocycles. The number of benzene rings is 1. The monoisotopic (exact) mass is 189 g/mol. The highest BCUT2D eigenvalue weighted by molar-refractivity contribution is 5.45. The van der Waals surface area contributed by atoms with Crippen LogP contribution < -0.4 is 4.74 Å². The van der Waals surface area contributed by atoms with Gasteiger partial charge in [0.25, 0.3) is 0 Å². The van der Waals surface area contributed by atoms with Gasteiger partial charge in [0, 0.05) is 0 Å². The van der Waals surface area contributed by atoms with E-state index in [1.165, 1.54) is 0 Å². The minimum Gasteiger partial charge on any atom is -0.497 e. The van der Waals surface area contributed by atoms with Crippen molar-refractivity contribution in [2.45, 2.75) is 26.2 Å². The molecule has 0 saturated carbocycles. The van der Waals surface area contributed by atoms with E-state index in [0.29, 0.717) is 0 Å². The second-order valence-corrected chi connectivity index (χ2v) is 4.27. The van der Waals surface area contributed by atoms with Crippen molar-refractivity contribution in [3.05, 3.63) is 29.3 Å². The van der Waals surface area contributed by atoms with Crippen molar-refractivity contribution in [2.24, 2.45) is 0 Å². The van der Waals surface area contributed by atoms with E-state index in [0.717, 1.165) is 16.9 Å². The van der Waals surface area contributed by atoms with Crippen LogP contribution in [0.25, 0.3) is 0 Å². The van der Waals surface area contributed by atoms with Crippen LogP contribution in [0.5, 0.6) is 5.75 Å². The summed E-state index contributed by atoms with van der Waals surface area (Å²) >= 11 is 0. The second-order valence-electron chi connectivity index (χ2n) is 4.27. The van der Waals surface area contributed by atoms with Gasteiger partial charge in [-0.15, -0.1) is 0 Å². The summed E-state index contributed by atoms with van der Waals surface area (Å²) < 4.78 is 5.14. The summed E-state index contributed by atoms with van der Waals surface area (Å²) in [5.41, 5.74) is 1.72. The maximum atomic E-state index is 8.95. The van der Waals surface area contributed by atoms with Gasteiger partial charge in [0.15, 0.2) is 0 Å². The Kier molecular flexibility index (Phi) is 2.81. The van der Waals surface area contributed by atoms with Gasteiger partial charge in [0.05, 0.1) is 18.7 Å². The molecule has 0 aliphatic carbocycles. The van der Waals surface area contributed by atoms with Crippen LogP contribution in [0.3, 0.4) is 0 Å². The van der Waals surface area contributed by atoms with Crippen LogP contribution in [0.15, 0.2) is 18.2 Å². The molecule has 0 N–H and O–H groups in total. The summed E-state index contributed by atoms with van der Waals surface area (Å²) in [6, 6.07) is 7.75. The first-order valence-electron chi connectivity index (χ1n) is 4.57. The number of methoxy groups -OCH3 is 1. The zero-order valence-corrected chi connectivity index (χ0v) is 9.09. The lowest BCUT2D eigenvalue weighted by Gasteiger charge is -2.20. The predicted molar refractivity (Wildman–Crippen MR) is 56.4 cm³/mol. The van der Waals surface area contributed by atoms with Crippen LogP contribution in [0.4, 0.5) is 0 Å². The first kappa shape index (κ1) is 10.6. The molecular formula is C12H15NO. The Morgan fingerprint density at radius 1 is 1.29 bits per heavy atom. The van der Waals surface area contributed by atoms with Crippen molar-refractivity contribution in [2.75, 3.05) is 7.11 Å². The van der Waals surface area contributed by atoms with Crippen LogP contribution >= 0.6 is 0 Å². The molecule has 0 fully saturated rings. The molecule has 0 bridgehead atoms. The fourth-order valence-corrected chi connectivity index (χ4v) is 1.37. The van der Waals surface area contributed by atoms with Crippen molar-refractivity contribution in [1.82, 2.24) is 0 Å². The normalized spacial score (nSPS) is 10.8. The number of hydrogen-bond acceptors (Lipinski definition) is 2. The molecule has 0 radical (unpaired) electrons. The third-order valence-electron chi connectivity index (χ3n) is 2.16. The Balaban J connectivity index is 3.31. The highest BCUT2D eigenvalue weighted by Gasteiger charge is 2.18. The molecule has 0 aliphatic heterocycles. The second kappa shape index (κ2) is 3.71. The molecule has 0 spiro atoms. The molecule has 0 amide bonds. The smallest absolute Gasteiger partial charge is 0.119 e. The summed E-state index contributed by atoms with van der Waals surface area (Å²) in [7, 11) is 1.63. The van der Waals surface area contributed by atoms with Crippen molar-refractivity contribution in [1.29, 1.82) is 5.26 Å². The van der Waals surface area contributed by atoms with Crippen molar-refractivity contribution in [3.63, 3.8) is 0 Å². The Labute approximate surface area is 85.1 Å². The van der Waals surface area contributed by atoms with Crippen LogP contribution in [0.1, 0.15) is 31.9 Å². The zero-order valence-electron chi connectivity index (χ0n) is 9.09. The van der Waals surface area contributed by atoms with E-state index in [1.807, 2.05) is 12.1 Å². The molecule has 14 heavy (non-hydrogen) atoms. The van der Waals surface area contributed by atoms with E-state index in [-0.39, 0.29) is 5.41 Å². The Hall–Kier alpha value is -1.49. The van der Waals surface area contributed by atoms with Crippen LogP contribution in [-0.2, 0) is 5.41 Å². The van der Waals surface area contributed by atoms with Gasteiger partial charge in [-0.1, -0.05) is 20.8 Å². The number of nitrogens with zero attached hydrogens (tertiary/aromatic N) is 1. The summed E-state index contributed by atoms with van der Waals surface area (Å²) in [6.45, 7) is 6.26. The van der Waals surface area contributed by atoms with Gasteiger partial charge in [-0.2, -0.15) is 5.26 Å². The number of ether oxygens (including phenoxy) is 1. The van der Waals surface area contributed by atoms with Gasteiger partial charge < -0.3 is 4.74 Å². The fourth-order valence-electron chi connectivity index (χ4n) is 1.37. The van der Waals surface area contributed by atoms with Gasteiger partial charge >= 0.3 is 0 Å². The lowest BCUT2D eigenvalue weighted by molar-refractivity contribution is 0.412. The highest BCUT2D eigenvalue weighted by atomic mass is 16.5.